The van der Waals surface area contributed by atoms with Gasteiger partial charge in [0.05, 0.1) is 13.2 Å². The summed E-state index contributed by atoms with van der Waals surface area (Å²) in [6, 6.07) is 6.12. The predicted molar refractivity (Wildman–Crippen MR) is 144 cm³/mol. The number of nitrogens with one attached hydrogen (secondary N) is 1. The van der Waals surface area contributed by atoms with Gasteiger partial charge in [-0.15, -0.1) is 24.0 Å². The molecule has 2 heterocycles. The van der Waals surface area contributed by atoms with E-state index in [4.69, 9.17) is 35.9 Å². The number of hydrogen-bond donors (Lipinski definition) is 4. The summed E-state index contributed by atoms with van der Waals surface area (Å²) in [5.74, 6) is -0.614. The zero-order valence-electron chi connectivity index (χ0n) is 20.1. The number of nitrogens with zero attached hydrogens (tertiary/aromatic N) is 2. The molecule has 0 bridgehead atoms. The van der Waals surface area contributed by atoms with E-state index < -0.39 is 56.1 Å². The summed E-state index contributed by atoms with van der Waals surface area (Å²) in [7, 11) is -4.28. The van der Waals surface area contributed by atoms with Gasteiger partial charge in [-0.3, -0.25) is 13.9 Å². The summed E-state index contributed by atoms with van der Waals surface area (Å²) in [4.78, 5) is 27.9. The van der Waals surface area contributed by atoms with E-state index in [9.17, 15) is 24.4 Å². The lowest BCUT2D eigenvalue weighted by Crippen LogP contribution is -2.46. The highest BCUT2D eigenvalue weighted by atomic mass is 127. The Morgan fingerprint density at radius 2 is 2.03 bits per heavy atom. The Hall–Kier alpha value is -1.78. The summed E-state index contributed by atoms with van der Waals surface area (Å²) < 4.78 is 36.2. The Labute approximate surface area is 234 Å². The first kappa shape index (κ1) is 31.4. The van der Waals surface area contributed by atoms with Gasteiger partial charge in [0.25, 0.3) is 0 Å². The van der Waals surface area contributed by atoms with Crippen molar-refractivity contribution in [2.45, 2.75) is 50.8 Å². The number of esters is 1. The number of carbonyl (C=O) groups excluding carboxylic acids is 1. The molecule has 0 spiro atoms. The van der Waals surface area contributed by atoms with Crippen molar-refractivity contribution >= 4 is 55.1 Å². The molecule has 1 aliphatic rings. The van der Waals surface area contributed by atoms with Crippen LogP contribution in [-0.4, -0.2) is 62.8 Å². The fourth-order valence-corrected chi connectivity index (χ4v) is 5.06. The lowest BCUT2D eigenvalue weighted by Gasteiger charge is -2.27. The Bertz CT molecular complexity index is 1180. The third kappa shape index (κ3) is 7.63. The number of halogens is 2. The first-order chi connectivity index (χ1) is 16.9. The Morgan fingerprint density at radius 1 is 1.38 bits per heavy atom. The van der Waals surface area contributed by atoms with E-state index in [2.05, 4.69) is 10.1 Å². The van der Waals surface area contributed by atoms with Gasteiger partial charge in [-0.05, 0) is 51.1 Å². The van der Waals surface area contributed by atoms with Crippen molar-refractivity contribution in [2.75, 3.05) is 18.9 Å². The molecule has 0 saturated carbocycles. The van der Waals surface area contributed by atoms with Crippen LogP contribution in [0.3, 0.4) is 0 Å². The van der Waals surface area contributed by atoms with Gasteiger partial charge in [0.2, 0.25) is 0 Å². The van der Waals surface area contributed by atoms with Crippen LogP contribution in [0, 0.1) is 0 Å². The maximum atomic E-state index is 13.6. The molecule has 1 saturated heterocycles. The zero-order chi connectivity index (χ0) is 26.7. The largest absolute Gasteiger partial charge is 0.465 e. The third-order valence-electron chi connectivity index (χ3n) is 5.30. The summed E-state index contributed by atoms with van der Waals surface area (Å²) in [6.07, 6.45) is -2.92. The standard InChI is InChI=1S/C21H28ClN4O9P.HI/c1-4-32-18(28)12(2)25-36(31,35-14-7-5-13(22)6-8-14)33-11-15-17(27)21(3,30)19(34-15)26-10-9-16(23)24-20(26)29;/h5-10,12,15,17,19,27,30H,4,11H2,1-3H3,(H,25,31)(H2,23,24,29);1H/t12-,15+,17+,19+,21+,36?;/m0./s1. The van der Waals surface area contributed by atoms with Crippen molar-refractivity contribution in [2.24, 2.45) is 0 Å². The first-order valence-electron chi connectivity index (χ1n) is 10.9. The van der Waals surface area contributed by atoms with Crippen molar-refractivity contribution in [1.29, 1.82) is 0 Å². The molecule has 206 valence electrons. The summed E-state index contributed by atoms with van der Waals surface area (Å²) in [5.41, 5.74) is 2.74. The van der Waals surface area contributed by atoms with Crippen molar-refractivity contribution < 1.29 is 38.1 Å². The number of ether oxygens (including phenoxy) is 2. The second kappa shape index (κ2) is 12.8. The van der Waals surface area contributed by atoms with Gasteiger partial charge in [0.1, 0.15) is 35.4 Å². The van der Waals surface area contributed by atoms with Gasteiger partial charge in [0.15, 0.2) is 6.23 Å². The number of anilines is 1. The normalized spacial score (nSPS) is 25.5. The number of hydrogen-bond acceptors (Lipinski definition) is 11. The van der Waals surface area contributed by atoms with Crippen LogP contribution in [0.15, 0.2) is 41.3 Å². The molecule has 37 heavy (non-hydrogen) atoms. The number of carbonyl (C=O) groups is 1. The van der Waals surface area contributed by atoms with Gasteiger partial charge >= 0.3 is 19.4 Å². The minimum absolute atomic E-state index is 0. The Balaban J connectivity index is 0.00000481. The van der Waals surface area contributed by atoms with Crippen LogP contribution in [0.4, 0.5) is 5.82 Å². The number of benzene rings is 1. The van der Waals surface area contributed by atoms with Crippen molar-refractivity contribution in [1.82, 2.24) is 14.6 Å². The number of aliphatic hydroxyl groups is 2. The van der Waals surface area contributed by atoms with E-state index in [0.717, 1.165) is 4.57 Å². The molecular weight excluding hydrogens is 646 g/mol. The number of nitrogens with two attached hydrogens (primary N) is 1. The van der Waals surface area contributed by atoms with E-state index in [-0.39, 0.29) is 42.2 Å². The SMILES string of the molecule is CCOC(=O)[C@H](C)NP(=O)(OC[C@H]1O[C@@H](n2ccc(N)nc2=O)[C@](C)(O)[C@@H]1O)Oc1ccc(Cl)cc1.I. The van der Waals surface area contributed by atoms with E-state index in [1.807, 2.05) is 0 Å². The molecule has 0 amide bonds. The van der Waals surface area contributed by atoms with Gasteiger partial charge in [-0.1, -0.05) is 11.6 Å². The van der Waals surface area contributed by atoms with Crippen molar-refractivity contribution in [3.05, 3.63) is 52.0 Å². The second-order valence-corrected chi connectivity index (χ2v) is 10.3. The molecule has 1 aliphatic heterocycles. The molecule has 1 aromatic carbocycles. The van der Waals surface area contributed by atoms with Crippen LogP contribution < -0.4 is 21.0 Å². The monoisotopic (exact) mass is 674 g/mol. The van der Waals surface area contributed by atoms with Crippen molar-refractivity contribution in [3.8, 4) is 5.75 Å². The molecule has 13 nitrogen and oxygen atoms in total. The molecule has 3 rings (SSSR count). The predicted octanol–water partition coefficient (Wildman–Crippen LogP) is 1.85. The quantitative estimate of drug-likeness (QED) is 0.163. The summed E-state index contributed by atoms with van der Waals surface area (Å²) in [6.45, 7) is 3.83. The Kier molecular flexibility index (Phi) is 10.9. The van der Waals surface area contributed by atoms with Gasteiger partial charge in [-0.25, -0.2) is 9.36 Å². The molecule has 2 aromatic rings. The average molecular weight is 675 g/mol. The fraction of sp³-hybridized carbons (Fsp3) is 0.476. The van der Waals surface area contributed by atoms with Gasteiger partial charge < -0.3 is 29.9 Å². The summed E-state index contributed by atoms with van der Waals surface area (Å²) in [5, 5.41) is 24.5. The fourth-order valence-electron chi connectivity index (χ4n) is 3.44. The lowest BCUT2D eigenvalue weighted by atomic mass is 9.96. The maximum Gasteiger partial charge on any atom is 0.459 e. The third-order valence-corrected chi connectivity index (χ3v) is 7.19. The molecule has 5 N–H and O–H groups in total. The van der Waals surface area contributed by atoms with E-state index in [1.54, 1.807) is 6.92 Å². The zero-order valence-corrected chi connectivity index (χ0v) is 24.1. The second-order valence-electron chi connectivity index (χ2n) is 8.18. The van der Waals surface area contributed by atoms with Crippen LogP contribution in [0.25, 0.3) is 0 Å². The molecule has 0 aliphatic carbocycles. The van der Waals surface area contributed by atoms with Gasteiger partial charge in [0, 0.05) is 11.2 Å². The lowest BCUT2D eigenvalue weighted by molar-refractivity contribution is -0.144. The first-order valence-corrected chi connectivity index (χ1v) is 12.8. The number of nitrogen functional groups attached to an aromatic ring is 1. The van der Waals surface area contributed by atoms with Crippen LogP contribution in [-0.2, 0) is 23.4 Å². The molecule has 1 fully saturated rings. The molecule has 6 atom stereocenters. The smallest absolute Gasteiger partial charge is 0.459 e. The van der Waals surface area contributed by atoms with E-state index in [1.165, 1.54) is 50.4 Å². The Morgan fingerprint density at radius 3 is 2.62 bits per heavy atom. The summed E-state index contributed by atoms with van der Waals surface area (Å²) >= 11 is 5.88. The highest BCUT2D eigenvalue weighted by molar-refractivity contribution is 14.0. The molecule has 1 aromatic heterocycles. The minimum atomic E-state index is -4.28. The highest BCUT2D eigenvalue weighted by Crippen LogP contribution is 2.47. The molecule has 1 unspecified atom stereocenters. The molecular formula is C21H29ClIN4O9P. The van der Waals surface area contributed by atoms with Crippen LogP contribution in [0.5, 0.6) is 5.75 Å². The number of aromatic nitrogens is 2. The van der Waals surface area contributed by atoms with E-state index in [0.29, 0.717) is 5.02 Å². The van der Waals surface area contributed by atoms with Crippen LogP contribution in [0.2, 0.25) is 5.02 Å². The minimum Gasteiger partial charge on any atom is -0.465 e. The molecule has 0 radical (unpaired) electrons. The van der Waals surface area contributed by atoms with Crippen LogP contribution >= 0.6 is 43.3 Å². The van der Waals surface area contributed by atoms with E-state index >= 15 is 0 Å². The maximum absolute atomic E-state index is 13.6. The number of rotatable bonds is 10. The highest BCUT2D eigenvalue weighted by Gasteiger charge is 2.54. The number of aliphatic hydroxyl groups excluding tert-OH is 1. The van der Waals surface area contributed by atoms with Gasteiger partial charge in [-0.2, -0.15) is 10.1 Å². The topological polar surface area (TPSA) is 184 Å². The molecule has 16 heteroatoms. The van der Waals surface area contributed by atoms with Crippen LogP contribution in [0.1, 0.15) is 27.0 Å². The average Bonchev–Trinajstić information content (AvgIpc) is 3.03. The van der Waals surface area contributed by atoms with Crippen molar-refractivity contribution in [3.63, 3.8) is 0 Å².